The van der Waals surface area contributed by atoms with Gasteiger partial charge in [0.2, 0.25) is 0 Å². The van der Waals surface area contributed by atoms with Crippen LogP contribution in [0.15, 0.2) is 40.8 Å². The van der Waals surface area contributed by atoms with Crippen molar-refractivity contribution in [1.29, 1.82) is 0 Å². The Labute approximate surface area is 207 Å². The molecule has 2 aromatic heterocycles. The molecule has 1 atom stereocenters. The number of ether oxygens (including phenoxy) is 2. The fourth-order valence-electron chi connectivity index (χ4n) is 4.63. The maximum atomic E-state index is 12.9. The van der Waals surface area contributed by atoms with Gasteiger partial charge in [-0.3, -0.25) is 9.59 Å². The minimum absolute atomic E-state index is 0.0398. The predicted octanol–water partition coefficient (Wildman–Crippen LogP) is 4.93. The van der Waals surface area contributed by atoms with Gasteiger partial charge < -0.3 is 14.0 Å². The lowest BCUT2D eigenvalue weighted by atomic mass is 9.86. The molecule has 0 amide bonds. The number of Topliss-reactive ketones (excluding diaryl/α,β-unsaturated/α-hetero) is 1. The maximum absolute atomic E-state index is 12.9. The van der Waals surface area contributed by atoms with Gasteiger partial charge in [-0.1, -0.05) is 13.8 Å². The zero-order chi connectivity index (χ0) is 24.7. The van der Waals surface area contributed by atoms with Gasteiger partial charge in [-0.15, -0.1) is 11.3 Å². The van der Waals surface area contributed by atoms with Crippen molar-refractivity contribution in [2.45, 2.75) is 46.1 Å². The first kappa shape index (κ1) is 23.5. The van der Waals surface area contributed by atoms with Gasteiger partial charge in [-0.05, 0) is 49.8 Å². The molecule has 0 radical (unpaired) electrons. The summed E-state index contributed by atoms with van der Waals surface area (Å²) in [5, 5.41) is 2.68. The molecular formula is C27H28N2O5S. The largest absolute Gasteiger partial charge is 0.485 e. The molecule has 0 bridgehead atoms. The highest BCUT2D eigenvalue weighted by atomic mass is 32.1. The highest BCUT2D eigenvalue weighted by Crippen LogP contribution is 2.43. The monoisotopic (exact) mass is 492 g/mol. The topological polar surface area (TPSA) is 87.5 Å². The molecule has 0 spiro atoms. The van der Waals surface area contributed by atoms with Crippen LogP contribution in [0.1, 0.15) is 55.6 Å². The molecule has 1 fully saturated rings. The highest BCUT2D eigenvalue weighted by Gasteiger charge is 2.32. The fraction of sp³-hybridized carbons (Fsp3) is 0.407. The highest BCUT2D eigenvalue weighted by molar-refractivity contribution is 7.13. The van der Waals surface area contributed by atoms with Gasteiger partial charge in [0.15, 0.2) is 11.2 Å². The number of rotatable bonds is 8. The third-order valence-corrected chi connectivity index (χ3v) is 7.48. The molecule has 1 unspecified atom stereocenters. The lowest BCUT2D eigenvalue weighted by molar-refractivity contribution is -0.122. The number of hydrogen-bond donors (Lipinski definition) is 0. The van der Waals surface area contributed by atoms with Crippen molar-refractivity contribution < 1.29 is 19.1 Å². The van der Waals surface area contributed by atoms with Gasteiger partial charge in [0, 0.05) is 41.4 Å². The van der Waals surface area contributed by atoms with Gasteiger partial charge in [-0.2, -0.15) is 0 Å². The maximum Gasteiger partial charge on any atom is 0.343 e. The van der Waals surface area contributed by atoms with Crippen molar-refractivity contribution in [3.63, 3.8) is 0 Å². The Morgan fingerprint density at radius 1 is 1.20 bits per heavy atom. The molecule has 5 rings (SSSR count). The van der Waals surface area contributed by atoms with Crippen LogP contribution < -0.4 is 10.2 Å². The minimum atomic E-state index is -0.603. The van der Waals surface area contributed by atoms with Crippen molar-refractivity contribution in [1.82, 2.24) is 9.55 Å². The summed E-state index contributed by atoms with van der Waals surface area (Å²) in [4.78, 5) is 42.2. The molecule has 1 aliphatic heterocycles. The third-order valence-electron chi connectivity index (χ3n) is 6.68. The second-order valence-electron chi connectivity index (χ2n) is 9.45. The quantitative estimate of drug-likeness (QED) is 0.415. The van der Waals surface area contributed by atoms with E-state index in [9.17, 15) is 14.4 Å². The van der Waals surface area contributed by atoms with Crippen LogP contribution in [0.4, 0.5) is 0 Å². The number of benzene rings is 1. The van der Waals surface area contributed by atoms with Gasteiger partial charge in [-0.25, -0.2) is 9.78 Å². The van der Waals surface area contributed by atoms with Crippen molar-refractivity contribution in [2.24, 2.45) is 11.8 Å². The fourth-order valence-corrected chi connectivity index (χ4v) is 5.29. The Kier molecular flexibility index (Phi) is 6.32. The van der Waals surface area contributed by atoms with E-state index in [1.807, 2.05) is 22.1 Å². The summed E-state index contributed by atoms with van der Waals surface area (Å²) in [6, 6.07) is 5.56. The SMILES string of the molecule is CCOC(=O)c1cn2c(cc1=O)-c1cc(-c3nccs3)c(OCC(=O)C3CC3)cc1CC2C(C)C. The molecular weight excluding hydrogens is 464 g/mol. The van der Waals surface area contributed by atoms with E-state index in [-0.39, 0.29) is 47.9 Å². The number of carbonyl (C=O) groups is 2. The Balaban J connectivity index is 1.63. The molecule has 35 heavy (non-hydrogen) atoms. The molecule has 1 aromatic carbocycles. The van der Waals surface area contributed by atoms with Gasteiger partial charge in [0.1, 0.15) is 22.9 Å². The molecule has 1 aliphatic carbocycles. The van der Waals surface area contributed by atoms with E-state index >= 15 is 0 Å². The molecule has 0 saturated heterocycles. The lowest BCUT2D eigenvalue weighted by Gasteiger charge is -2.34. The summed E-state index contributed by atoms with van der Waals surface area (Å²) in [5.41, 5.74) is 3.17. The Hall–Kier alpha value is -3.26. The number of thiazole rings is 1. The van der Waals surface area contributed by atoms with Crippen LogP contribution in [0.25, 0.3) is 21.8 Å². The van der Waals surface area contributed by atoms with Crippen LogP contribution in [0.2, 0.25) is 0 Å². The second-order valence-corrected chi connectivity index (χ2v) is 10.3. The van der Waals surface area contributed by atoms with E-state index in [0.717, 1.165) is 40.2 Å². The number of ketones is 1. The van der Waals surface area contributed by atoms with Crippen LogP contribution in [0.3, 0.4) is 0 Å². The van der Waals surface area contributed by atoms with E-state index in [2.05, 4.69) is 18.8 Å². The summed E-state index contributed by atoms with van der Waals surface area (Å²) < 4.78 is 13.2. The van der Waals surface area contributed by atoms with E-state index in [4.69, 9.17) is 9.47 Å². The summed E-state index contributed by atoms with van der Waals surface area (Å²) in [6.07, 6.45) is 5.97. The summed E-state index contributed by atoms with van der Waals surface area (Å²) in [5.74, 6) is 0.548. The Morgan fingerprint density at radius 3 is 2.66 bits per heavy atom. The first-order valence-electron chi connectivity index (χ1n) is 12.0. The standard InChI is InChI=1S/C27H28N2O5S/c1-4-33-27(32)20-13-29-21(15(2)3)9-17-10-25(34-14-24(31)16-5-6-16)19(26-28-7-8-35-26)11-18(17)22(29)12-23(20)30/h7-8,10-13,15-16,21H,4-6,9,14H2,1-3H3. The molecule has 0 N–H and O–H groups in total. The molecule has 3 aromatic rings. The average molecular weight is 493 g/mol. The van der Waals surface area contributed by atoms with Crippen LogP contribution in [0, 0.1) is 11.8 Å². The first-order chi connectivity index (χ1) is 16.9. The smallest absolute Gasteiger partial charge is 0.343 e. The number of pyridine rings is 1. The molecule has 7 nitrogen and oxygen atoms in total. The number of carbonyl (C=O) groups excluding carboxylic acids is 2. The van der Waals surface area contributed by atoms with E-state index in [0.29, 0.717) is 12.2 Å². The zero-order valence-electron chi connectivity index (χ0n) is 20.1. The number of hydrogen-bond acceptors (Lipinski definition) is 7. The second kappa shape index (κ2) is 9.41. The molecule has 1 saturated carbocycles. The number of nitrogens with zero attached hydrogens (tertiary/aromatic N) is 2. The minimum Gasteiger partial charge on any atom is -0.485 e. The molecule has 8 heteroatoms. The normalized spacial score (nSPS) is 16.5. The van der Waals surface area contributed by atoms with Gasteiger partial charge >= 0.3 is 5.97 Å². The van der Waals surface area contributed by atoms with Crippen LogP contribution in [-0.2, 0) is 16.0 Å². The third kappa shape index (κ3) is 4.55. The average Bonchev–Trinajstić information content (AvgIpc) is 3.55. The van der Waals surface area contributed by atoms with Crippen molar-refractivity contribution >= 4 is 23.1 Å². The molecule has 3 heterocycles. The van der Waals surface area contributed by atoms with Crippen molar-refractivity contribution in [3.8, 4) is 27.6 Å². The van der Waals surface area contributed by atoms with Crippen LogP contribution in [-0.4, -0.2) is 34.5 Å². The number of esters is 1. The van der Waals surface area contributed by atoms with E-state index < -0.39 is 5.97 Å². The molecule has 2 aliphatic rings. The predicted molar refractivity (Wildman–Crippen MR) is 134 cm³/mol. The van der Waals surface area contributed by atoms with Crippen LogP contribution >= 0.6 is 11.3 Å². The zero-order valence-corrected chi connectivity index (χ0v) is 20.9. The van der Waals surface area contributed by atoms with Crippen molar-refractivity contribution in [3.05, 3.63) is 57.3 Å². The lowest BCUT2D eigenvalue weighted by Crippen LogP contribution is -2.28. The molecule has 182 valence electrons. The summed E-state index contributed by atoms with van der Waals surface area (Å²) in [7, 11) is 0. The van der Waals surface area contributed by atoms with Gasteiger partial charge in [0.05, 0.1) is 17.9 Å². The summed E-state index contributed by atoms with van der Waals surface area (Å²) >= 11 is 1.49. The number of aromatic nitrogens is 2. The van der Waals surface area contributed by atoms with E-state index in [1.165, 1.54) is 17.4 Å². The Morgan fingerprint density at radius 2 is 2.00 bits per heavy atom. The summed E-state index contributed by atoms with van der Waals surface area (Å²) in [6.45, 7) is 6.22. The Bertz CT molecular complexity index is 1340. The van der Waals surface area contributed by atoms with Gasteiger partial charge in [0.25, 0.3) is 0 Å². The van der Waals surface area contributed by atoms with Crippen molar-refractivity contribution in [2.75, 3.05) is 13.2 Å². The number of fused-ring (bicyclic) bond motifs is 3. The van der Waals surface area contributed by atoms with E-state index in [1.54, 1.807) is 19.3 Å². The first-order valence-corrected chi connectivity index (χ1v) is 12.9. The van der Waals surface area contributed by atoms with Crippen LogP contribution in [0.5, 0.6) is 5.75 Å².